The molecule has 3 aromatic rings. The van der Waals surface area contributed by atoms with Gasteiger partial charge in [0.15, 0.2) is 5.78 Å². The average molecular weight is 401 g/mol. The molecule has 3 nitrogen and oxygen atoms in total. The first-order chi connectivity index (χ1) is 14.6. The number of nitrogens with zero attached hydrogens (tertiary/aromatic N) is 2. The molecule has 2 aromatic carbocycles. The van der Waals surface area contributed by atoms with E-state index in [2.05, 4.69) is 56.2 Å². The fraction of sp³-hybridized carbons (Fsp3) is 0.407. The Balaban J connectivity index is 1.76. The van der Waals surface area contributed by atoms with Gasteiger partial charge in [-0.05, 0) is 78.1 Å². The molecule has 1 heterocycles. The summed E-state index contributed by atoms with van der Waals surface area (Å²) in [6.45, 7) is 6.77. The number of carbonyl (C=O) groups is 1. The zero-order valence-corrected chi connectivity index (χ0v) is 18.4. The number of hydrogen-bond donors (Lipinski definition) is 0. The largest absolute Gasteiger partial charge is 0.294 e. The normalized spacial score (nSPS) is 13.3. The number of fused-ring (bicyclic) bond motifs is 1. The average Bonchev–Trinajstić information content (AvgIpc) is 3.42. The van der Waals surface area contributed by atoms with Gasteiger partial charge < -0.3 is 0 Å². The summed E-state index contributed by atoms with van der Waals surface area (Å²) in [6, 6.07) is 12.8. The summed E-state index contributed by atoms with van der Waals surface area (Å²) in [5.74, 6) is 1.10. The van der Waals surface area contributed by atoms with E-state index in [1.165, 1.54) is 53.5 Å². The Bertz CT molecular complexity index is 1030. The smallest absolute Gasteiger partial charge is 0.163 e. The van der Waals surface area contributed by atoms with Crippen molar-refractivity contribution in [2.75, 3.05) is 0 Å². The van der Waals surface area contributed by atoms with Crippen LogP contribution in [-0.4, -0.2) is 15.6 Å². The van der Waals surface area contributed by atoms with Crippen LogP contribution in [0.2, 0.25) is 0 Å². The van der Waals surface area contributed by atoms with Crippen molar-refractivity contribution in [3.8, 4) is 16.8 Å². The predicted molar refractivity (Wildman–Crippen MR) is 123 cm³/mol. The lowest BCUT2D eigenvalue weighted by molar-refractivity contribution is 0.0994. The van der Waals surface area contributed by atoms with Crippen LogP contribution in [0.1, 0.15) is 73.0 Å². The predicted octanol–water partition coefficient (Wildman–Crippen LogP) is 6.74. The fourth-order valence-electron chi connectivity index (χ4n) is 4.86. The van der Waals surface area contributed by atoms with Crippen molar-refractivity contribution in [1.29, 1.82) is 0 Å². The highest BCUT2D eigenvalue weighted by molar-refractivity contribution is 6.03. The lowest BCUT2D eigenvalue weighted by Gasteiger charge is -2.19. The molecule has 0 atom stereocenters. The number of ketones is 1. The maximum atomic E-state index is 12.5. The minimum atomic E-state index is 0.288. The Hall–Kier alpha value is -2.68. The van der Waals surface area contributed by atoms with Crippen molar-refractivity contribution in [2.24, 2.45) is 5.92 Å². The van der Waals surface area contributed by atoms with Gasteiger partial charge in [-0.2, -0.15) is 5.10 Å². The first-order valence-electron chi connectivity index (χ1n) is 11.4. The van der Waals surface area contributed by atoms with Crippen LogP contribution in [0.4, 0.5) is 0 Å². The van der Waals surface area contributed by atoms with E-state index >= 15 is 0 Å². The van der Waals surface area contributed by atoms with E-state index in [-0.39, 0.29) is 5.78 Å². The maximum Gasteiger partial charge on any atom is 0.163 e. The third kappa shape index (κ3) is 3.98. The molecule has 1 aromatic heterocycles. The van der Waals surface area contributed by atoms with Crippen LogP contribution in [0.25, 0.3) is 16.8 Å². The van der Waals surface area contributed by atoms with Crippen LogP contribution >= 0.6 is 0 Å². The van der Waals surface area contributed by atoms with Gasteiger partial charge in [-0.15, -0.1) is 0 Å². The van der Waals surface area contributed by atoms with Gasteiger partial charge in [-0.3, -0.25) is 4.79 Å². The van der Waals surface area contributed by atoms with Crippen LogP contribution in [0, 0.1) is 12.8 Å². The molecule has 0 spiro atoms. The monoisotopic (exact) mass is 400 g/mol. The molecule has 0 saturated carbocycles. The van der Waals surface area contributed by atoms with Crippen molar-refractivity contribution in [3.05, 3.63) is 71.0 Å². The topological polar surface area (TPSA) is 34.9 Å². The minimum Gasteiger partial charge on any atom is -0.294 e. The number of benzene rings is 2. The van der Waals surface area contributed by atoms with Crippen LogP contribution in [0.5, 0.6) is 0 Å². The number of Topliss-reactive ketones (excluding diaryl/α,β-unsaturated/α-hetero) is 1. The van der Waals surface area contributed by atoms with Gasteiger partial charge in [0.2, 0.25) is 0 Å². The Morgan fingerprint density at radius 2 is 1.90 bits per heavy atom. The molecule has 0 amide bonds. The quantitative estimate of drug-likeness (QED) is 0.420. The second kappa shape index (κ2) is 8.99. The van der Waals surface area contributed by atoms with Gasteiger partial charge >= 0.3 is 0 Å². The lowest BCUT2D eigenvalue weighted by Crippen LogP contribution is -2.03. The molecule has 0 unspecified atom stereocenters. The highest BCUT2D eigenvalue weighted by Crippen LogP contribution is 2.38. The number of aromatic nitrogens is 2. The van der Waals surface area contributed by atoms with Crippen molar-refractivity contribution >= 4 is 5.78 Å². The van der Waals surface area contributed by atoms with E-state index < -0.39 is 0 Å². The van der Waals surface area contributed by atoms with Gasteiger partial charge in [0.1, 0.15) is 0 Å². The van der Waals surface area contributed by atoms with Gasteiger partial charge in [-0.25, -0.2) is 4.68 Å². The van der Waals surface area contributed by atoms with E-state index in [9.17, 15) is 4.79 Å². The SMILES string of the molecule is CCC(CC)CCCc1ccc2c(c1-c1cc(-n3cccn3)ccc1C)CCC2=O. The summed E-state index contributed by atoms with van der Waals surface area (Å²) in [5.41, 5.74) is 8.42. The first-order valence-corrected chi connectivity index (χ1v) is 11.4. The molecule has 0 saturated heterocycles. The first kappa shape index (κ1) is 20.6. The van der Waals surface area contributed by atoms with Gasteiger partial charge in [0.25, 0.3) is 0 Å². The lowest BCUT2D eigenvalue weighted by atomic mass is 9.86. The summed E-state index contributed by atoms with van der Waals surface area (Å²) < 4.78 is 1.91. The van der Waals surface area contributed by atoms with Crippen LogP contribution in [0.3, 0.4) is 0 Å². The number of aryl methyl sites for hydroxylation is 2. The van der Waals surface area contributed by atoms with Crippen LogP contribution < -0.4 is 0 Å². The Morgan fingerprint density at radius 1 is 1.07 bits per heavy atom. The summed E-state index contributed by atoms with van der Waals surface area (Å²) in [5, 5.41) is 4.41. The summed E-state index contributed by atoms with van der Waals surface area (Å²) in [6.07, 6.45) is 11.3. The van der Waals surface area contributed by atoms with Gasteiger partial charge in [0.05, 0.1) is 5.69 Å². The third-order valence-corrected chi connectivity index (χ3v) is 6.77. The second-order valence-corrected chi connectivity index (χ2v) is 8.57. The van der Waals surface area contributed by atoms with Crippen LogP contribution in [0.15, 0.2) is 48.8 Å². The Kier molecular flexibility index (Phi) is 6.17. The van der Waals surface area contributed by atoms with Crippen molar-refractivity contribution in [3.63, 3.8) is 0 Å². The zero-order valence-electron chi connectivity index (χ0n) is 18.4. The van der Waals surface area contributed by atoms with E-state index in [1.807, 2.05) is 23.1 Å². The maximum absolute atomic E-state index is 12.5. The zero-order chi connectivity index (χ0) is 21.1. The fourth-order valence-corrected chi connectivity index (χ4v) is 4.86. The van der Waals surface area contributed by atoms with Gasteiger partial charge in [-0.1, -0.05) is 51.3 Å². The third-order valence-electron chi connectivity index (χ3n) is 6.77. The van der Waals surface area contributed by atoms with E-state index in [0.717, 1.165) is 30.0 Å². The molecule has 30 heavy (non-hydrogen) atoms. The molecule has 3 heteroatoms. The van der Waals surface area contributed by atoms with E-state index in [1.54, 1.807) is 0 Å². The molecule has 0 radical (unpaired) electrons. The molecule has 156 valence electrons. The standard InChI is InChI=1S/C27H32N2O/c1-4-20(5-2)8-6-9-21-11-13-23-24(14-15-26(23)30)27(21)25-18-22(12-10-19(25)3)29-17-7-16-28-29/h7,10-13,16-18,20H,4-6,8-9,14-15H2,1-3H3. The number of carbonyl (C=O) groups excluding carboxylic acids is 1. The summed E-state index contributed by atoms with van der Waals surface area (Å²) >= 11 is 0. The molecule has 4 rings (SSSR count). The van der Waals surface area contributed by atoms with E-state index in [0.29, 0.717) is 6.42 Å². The Morgan fingerprint density at radius 3 is 2.63 bits per heavy atom. The molecule has 0 bridgehead atoms. The minimum absolute atomic E-state index is 0.288. The van der Waals surface area contributed by atoms with Gasteiger partial charge in [0, 0.05) is 24.4 Å². The summed E-state index contributed by atoms with van der Waals surface area (Å²) in [4.78, 5) is 12.5. The second-order valence-electron chi connectivity index (χ2n) is 8.57. The van der Waals surface area contributed by atoms with Crippen LogP contribution in [-0.2, 0) is 12.8 Å². The highest BCUT2D eigenvalue weighted by atomic mass is 16.1. The van der Waals surface area contributed by atoms with E-state index in [4.69, 9.17) is 0 Å². The van der Waals surface area contributed by atoms with Crippen molar-refractivity contribution < 1.29 is 4.79 Å². The molecule has 1 aliphatic carbocycles. The van der Waals surface area contributed by atoms with Crippen molar-refractivity contribution in [1.82, 2.24) is 9.78 Å². The molecule has 1 aliphatic rings. The number of rotatable bonds is 8. The number of hydrogen-bond acceptors (Lipinski definition) is 2. The molecule has 0 aliphatic heterocycles. The van der Waals surface area contributed by atoms with Crippen molar-refractivity contribution in [2.45, 2.75) is 65.7 Å². The summed E-state index contributed by atoms with van der Waals surface area (Å²) in [7, 11) is 0. The molecular weight excluding hydrogens is 368 g/mol. The molecule has 0 fully saturated rings. The molecular formula is C27H32N2O. The Labute approximate surface area is 180 Å². The highest BCUT2D eigenvalue weighted by Gasteiger charge is 2.25. The molecule has 0 N–H and O–H groups in total.